The summed E-state index contributed by atoms with van der Waals surface area (Å²) in [5.41, 5.74) is 5.54. The summed E-state index contributed by atoms with van der Waals surface area (Å²) in [6.07, 6.45) is 3.25. The lowest BCUT2D eigenvalue weighted by Crippen LogP contribution is -2.33. The van der Waals surface area contributed by atoms with Crippen LogP contribution in [0, 0.1) is 6.92 Å². The van der Waals surface area contributed by atoms with E-state index in [-0.39, 0.29) is 0 Å². The van der Waals surface area contributed by atoms with E-state index < -0.39 is 0 Å². The molecule has 1 aliphatic heterocycles. The van der Waals surface area contributed by atoms with Gasteiger partial charge in [0.05, 0.1) is 0 Å². The minimum absolute atomic E-state index is 0.941. The Morgan fingerprint density at radius 2 is 1.73 bits per heavy atom. The maximum Gasteiger partial charge on any atom is 0.130 e. The van der Waals surface area contributed by atoms with Gasteiger partial charge < -0.3 is 4.90 Å². The molecule has 0 fully saturated rings. The highest BCUT2D eigenvalue weighted by Gasteiger charge is 2.17. The topological polar surface area (TPSA) is 15.6 Å². The fourth-order valence-electron chi connectivity index (χ4n) is 4.02. The number of hydrogen-bond donors (Lipinski definition) is 0. The quantitative estimate of drug-likeness (QED) is 0.650. The Hall–Kier alpha value is -2.61. The molecule has 132 valence electrons. The average Bonchev–Trinajstić information content (AvgIpc) is 2.67. The summed E-state index contributed by atoms with van der Waals surface area (Å²) in [7, 11) is 2.16. The van der Waals surface area contributed by atoms with Crippen molar-refractivity contribution in [3.05, 3.63) is 82.9 Å². The number of amidine groups is 1. The molecule has 0 N–H and O–H groups in total. The van der Waals surface area contributed by atoms with Crippen molar-refractivity contribution in [1.29, 1.82) is 0 Å². The SMILES string of the molecule is Cc1cccc(C2=NCCCN2C)c1CCc1cccc2ccccc12. The van der Waals surface area contributed by atoms with Crippen LogP contribution in [0.2, 0.25) is 0 Å². The first-order valence-electron chi connectivity index (χ1n) is 9.55. The summed E-state index contributed by atoms with van der Waals surface area (Å²) in [6, 6.07) is 22.0. The lowest BCUT2D eigenvalue weighted by Gasteiger charge is -2.27. The molecule has 2 nitrogen and oxygen atoms in total. The lowest BCUT2D eigenvalue weighted by molar-refractivity contribution is 0.468. The molecule has 1 heterocycles. The summed E-state index contributed by atoms with van der Waals surface area (Å²) in [6.45, 7) is 4.26. The zero-order valence-electron chi connectivity index (χ0n) is 15.7. The second-order valence-corrected chi connectivity index (χ2v) is 7.22. The van der Waals surface area contributed by atoms with Crippen LogP contribution in [0.3, 0.4) is 0 Å². The minimum Gasteiger partial charge on any atom is -0.359 e. The van der Waals surface area contributed by atoms with Crippen LogP contribution in [-0.4, -0.2) is 30.9 Å². The number of aryl methyl sites for hydroxylation is 2. The van der Waals surface area contributed by atoms with Gasteiger partial charge in [0, 0.05) is 25.7 Å². The molecule has 1 aliphatic rings. The number of fused-ring (bicyclic) bond motifs is 1. The summed E-state index contributed by atoms with van der Waals surface area (Å²) >= 11 is 0. The summed E-state index contributed by atoms with van der Waals surface area (Å²) < 4.78 is 0. The Labute approximate surface area is 156 Å². The van der Waals surface area contributed by atoms with Crippen molar-refractivity contribution >= 4 is 16.6 Å². The van der Waals surface area contributed by atoms with Gasteiger partial charge >= 0.3 is 0 Å². The van der Waals surface area contributed by atoms with Gasteiger partial charge in [-0.2, -0.15) is 0 Å². The Morgan fingerprint density at radius 1 is 0.923 bits per heavy atom. The summed E-state index contributed by atoms with van der Waals surface area (Å²) in [5, 5.41) is 2.70. The van der Waals surface area contributed by atoms with E-state index >= 15 is 0 Å². The van der Waals surface area contributed by atoms with Gasteiger partial charge in [-0.15, -0.1) is 0 Å². The molecule has 4 rings (SSSR count). The van der Waals surface area contributed by atoms with Crippen molar-refractivity contribution in [2.24, 2.45) is 4.99 Å². The Balaban J connectivity index is 1.67. The minimum atomic E-state index is 0.941. The fraction of sp³-hybridized carbons (Fsp3) is 0.292. The molecule has 0 unspecified atom stereocenters. The first-order chi connectivity index (χ1) is 12.7. The van der Waals surface area contributed by atoms with E-state index in [2.05, 4.69) is 79.5 Å². The van der Waals surface area contributed by atoms with Crippen molar-refractivity contribution in [1.82, 2.24) is 4.90 Å². The number of hydrogen-bond acceptors (Lipinski definition) is 2. The third kappa shape index (κ3) is 3.24. The molecule has 0 saturated carbocycles. The molecular weight excluding hydrogens is 316 g/mol. The zero-order chi connectivity index (χ0) is 17.9. The maximum absolute atomic E-state index is 4.83. The van der Waals surface area contributed by atoms with Crippen LogP contribution in [0.15, 0.2) is 65.7 Å². The first-order valence-corrected chi connectivity index (χ1v) is 9.55. The summed E-state index contributed by atoms with van der Waals surface area (Å²) in [5.74, 6) is 1.16. The molecular formula is C24H26N2. The standard InChI is InChI=1S/C24H26N2/c1-18-8-5-13-23(24-25-16-7-17-26(24)2)21(18)15-14-20-11-6-10-19-9-3-4-12-22(19)20/h3-6,8-13H,7,14-17H2,1-2H3. The molecule has 0 aromatic heterocycles. The summed E-state index contributed by atoms with van der Waals surface area (Å²) in [4.78, 5) is 7.14. The number of rotatable bonds is 4. The van der Waals surface area contributed by atoms with E-state index in [0.717, 1.165) is 38.2 Å². The predicted molar refractivity (Wildman–Crippen MR) is 111 cm³/mol. The second kappa shape index (κ2) is 7.33. The molecule has 0 radical (unpaired) electrons. The van der Waals surface area contributed by atoms with Crippen molar-refractivity contribution < 1.29 is 0 Å². The van der Waals surface area contributed by atoms with Crippen LogP contribution in [0.5, 0.6) is 0 Å². The van der Waals surface area contributed by atoms with Gasteiger partial charge in [0.2, 0.25) is 0 Å². The van der Waals surface area contributed by atoms with Gasteiger partial charge in [0.15, 0.2) is 0 Å². The number of aliphatic imine (C=N–C) groups is 1. The van der Waals surface area contributed by atoms with Crippen LogP contribution in [-0.2, 0) is 12.8 Å². The fourth-order valence-corrected chi connectivity index (χ4v) is 4.02. The van der Waals surface area contributed by atoms with Crippen LogP contribution in [0.25, 0.3) is 10.8 Å². The molecule has 0 aliphatic carbocycles. The molecule has 2 heteroatoms. The molecule has 0 bridgehead atoms. The van der Waals surface area contributed by atoms with Crippen LogP contribution in [0.4, 0.5) is 0 Å². The highest BCUT2D eigenvalue weighted by Crippen LogP contribution is 2.24. The van der Waals surface area contributed by atoms with Gasteiger partial charge in [-0.1, -0.05) is 60.7 Å². The monoisotopic (exact) mass is 342 g/mol. The zero-order valence-corrected chi connectivity index (χ0v) is 15.7. The van der Waals surface area contributed by atoms with Gasteiger partial charge in [-0.3, -0.25) is 4.99 Å². The highest BCUT2D eigenvalue weighted by atomic mass is 15.2. The van der Waals surface area contributed by atoms with E-state index in [1.165, 1.54) is 33.0 Å². The number of benzene rings is 3. The third-order valence-electron chi connectivity index (χ3n) is 5.45. The van der Waals surface area contributed by atoms with Crippen molar-refractivity contribution in [3.63, 3.8) is 0 Å². The molecule has 3 aromatic carbocycles. The van der Waals surface area contributed by atoms with Crippen molar-refractivity contribution in [2.45, 2.75) is 26.2 Å². The van der Waals surface area contributed by atoms with E-state index in [1.807, 2.05) is 0 Å². The van der Waals surface area contributed by atoms with Gasteiger partial charge in [-0.05, 0) is 53.6 Å². The second-order valence-electron chi connectivity index (χ2n) is 7.22. The molecule has 0 saturated heterocycles. The van der Waals surface area contributed by atoms with Crippen LogP contribution >= 0.6 is 0 Å². The largest absolute Gasteiger partial charge is 0.359 e. The Kier molecular flexibility index (Phi) is 4.75. The van der Waals surface area contributed by atoms with Crippen LogP contribution in [0.1, 0.15) is 28.7 Å². The predicted octanol–water partition coefficient (Wildman–Crippen LogP) is 5.02. The molecule has 0 spiro atoms. The smallest absolute Gasteiger partial charge is 0.130 e. The van der Waals surface area contributed by atoms with Crippen molar-refractivity contribution in [3.8, 4) is 0 Å². The highest BCUT2D eigenvalue weighted by molar-refractivity contribution is 6.00. The first kappa shape index (κ1) is 16.8. The lowest BCUT2D eigenvalue weighted by atomic mass is 9.93. The maximum atomic E-state index is 4.83. The molecule has 3 aromatic rings. The Morgan fingerprint density at radius 3 is 2.62 bits per heavy atom. The van der Waals surface area contributed by atoms with Gasteiger partial charge in [0.1, 0.15) is 5.84 Å². The molecule has 0 atom stereocenters. The molecule has 0 amide bonds. The van der Waals surface area contributed by atoms with E-state index in [0.29, 0.717) is 0 Å². The van der Waals surface area contributed by atoms with E-state index in [9.17, 15) is 0 Å². The van der Waals surface area contributed by atoms with E-state index in [1.54, 1.807) is 0 Å². The van der Waals surface area contributed by atoms with E-state index in [4.69, 9.17) is 4.99 Å². The van der Waals surface area contributed by atoms with Crippen LogP contribution < -0.4 is 0 Å². The molecule has 26 heavy (non-hydrogen) atoms. The normalized spacial score (nSPS) is 14.5. The number of nitrogens with zero attached hydrogens (tertiary/aromatic N) is 2. The van der Waals surface area contributed by atoms with Gasteiger partial charge in [0.25, 0.3) is 0 Å². The third-order valence-corrected chi connectivity index (χ3v) is 5.45. The van der Waals surface area contributed by atoms with Crippen molar-refractivity contribution in [2.75, 3.05) is 20.1 Å². The Bertz CT molecular complexity index is 950. The average molecular weight is 342 g/mol. The van der Waals surface area contributed by atoms with Gasteiger partial charge in [-0.25, -0.2) is 0 Å².